The van der Waals surface area contributed by atoms with Crippen molar-refractivity contribution in [3.63, 3.8) is 0 Å². The van der Waals surface area contributed by atoms with Gasteiger partial charge in [0, 0.05) is 19.6 Å². The lowest BCUT2D eigenvalue weighted by atomic mass is 10.1. The van der Waals surface area contributed by atoms with Crippen LogP contribution in [0.3, 0.4) is 0 Å². The molecule has 0 bridgehead atoms. The molecule has 2 saturated heterocycles. The van der Waals surface area contributed by atoms with E-state index < -0.39 is 12.0 Å². The summed E-state index contributed by atoms with van der Waals surface area (Å²) < 4.78 is 0. The van der Waals surface area contributed by atoms with Crippen LogP contribution in [0, 0.1) is 11.8 Å². The van der Waals surface area contributed by atoms with E-state index >= 15 is 0 Å². The number of likely N-dealkylation sites (tertiary alicyclic amines) is 2. The van der Waals surface area contributed by atoms with Crippen LogP contribution < -0.4 is 0 Å². The summed E-state index contributed by atoms with van der Waals surface area (Å²) in [5.41, 5.74) is 0. The van der Waals surface area contributed by atoms with Crippen LogP contribution >= 0.6 is 0 Å². The molecular formula is C14H24N2O3. The maximum Gasteiger partial charge on any atom is 0.326 e. The fourth-order valence-electron chi connectivity index (χ4n) is 3.24. The molecule has 2 atom stereocenters. The van der Waals surface area contributed by atoms with E-state index in [9.17, 15) is 9.59 Å². The normalized spacial score (nSPS) is 28.3. The first-order valence-electron chi connectivity index (χ1n) is 7.24. The molecule has 0 aliphatic carbocycles. The molecule has 1 amide bonds. The van der Waals surface area contributed by atoms with E-state index in [-0.39, 0.29) is 11.8 Å². The van der Waals surface area contributed by atoms with E-state index in [4.69, 9.17) is 5.11 Å². The molecule has 2 fully saturated rings. The summed E-state index contributed by atoms with van der Waals surface area (Å²) in [6.07, 6.45) is 2.28. The average molecular weight is 268 g/mol. The van der Waals surface area contributed by atoms with E-state index in [0.717, 1.165) is 32.5 Å². The highest BCUT2D eigenvalue weighted by atomic mass is 16.4. The zero-order valence-corrected chi connectivity index (χ0v) is 11.8. The number of nitrogens with zero attached hydrogens (tertiary/aromatic N) is 2. The van der Waals surface area contributed by atoms with Crippen LogP contribution in [0.15, 0.2) is 0 Å². The Morgan fingerprint density at radius 3 is 2.63 bits per heavy atom. The van der Waals surface area contributed by atoms with Crippen LogP contribution in [-0.4, -0.2) is 59.0 Å². The minimum absolute atomic E-state index is 0.00120. The smallest absolute Gasteiger partial charge is 0.326 e. The molecule has 0 spiro atoms. The number of carboxylic acids is 1. The number of rotatable bonds is 4. The number of carbonyl (C=O) groups excluding carboxylic acids is 1. The van der Waals surface area contributed by atoms with Crippen molar-refractivity contribution in [2.24, 2.45) is 11.8 Å². The van der Waals surface area contributed by atoms with Gasteiger partial charge in [0.1, 0.15) is 6.04 Å². The average Bonchev–Trinajstić information content (AvgIpc) is 2.94. The first-order chi connectivity index (χ1) is 8.99. The first kappa shape index (κ1) is 14.3. The van der Waals surface area contributed by atoms with Crippen molar-refractivity contribution in [1.82, 2.24) is 9.80 Å². The van der Waals surface area contributed by atoms with Crippen LogP contribution in [0.4, 0.5) is 0 Å². The Kier molecular flexibility index (Phi) is 4.45. The van der Waals surface area contributed by atoms with Gasteiger partial charge in [-0.3, -0.25) is 4.79 Å². The van der Waals surface area contributed by atoms with Crippen LogP contribution in [0.1, 0.15) is 33.1 Å². The Hall–Kier alpha value is -1.10. The number of hydrogen-bond donors (Lipinski definition) is 1. The standard InChI is InChI=1S/C14H24N2O3/c1-10(2)8-15-7-5-11(9-15)13(17)16-6-3-4-12(16)14(18)19/h10-12H,3-9H2,1-2H3,(H,18,19)/t11-,12-/m0/s1. The van der Waals surface area contributed by atoms with Gasteiger partial charge in [-0.25, -0.2) is 4.79 Å². The largest absolute Gasteiger partial charge is 0.480 e. The molecule has 1 N–H and O–H groups in total. The Morgan fingerprint density at radius 2 is 2.00 bits per heavy atom. The molecule has 2 rings (SSSR count). The molecule has 0 radical (unpaired) electrons. The van der Waals surface area contributed by atoms with Crippen LogP contribution in [0.25, 0.3) is 0 Å². The summed E-state index contributed by atoms with van der Waals surface area (Å²) in [6, 6.07) is -0.591. The fraction of sp³-hybridized carbons (Fsp3) is 0.857. The summed E-state index contributed by atoms with van der Waals surface area (Å²) in [7, 11) is 0. The van der Waals surface area contributed by atoms with Crippen molar-refractivity contribution < 1.29 is 14.7 Å². The number of carbonyl (C=O) groups is 2. The van der Waals surface area contributed by atoms with Crippen molar-refractivity contribution >= 4 is 11.9 Å². The van der Waals surface area contributed by atoms with Gasteiger partial charge in [0.15, 0.2) is 0 Å². The Balaban J connectivity index is 1.92. The lowest BCUT2D eigenvalue weighted by Gasteiger charge is -2.25. The van der Waals surface area contributed by atoms with E-state index in [2.05, 4.69) is 18.7 Å². The third-order valence-electron chi connectivity index (χ3n) is 4.07. The second kappa shape index (κ2) is 5.90. The monoisotopic (exact) mass is 268 g/mol. The molecule has 0 aromatic carbocycles. The molecule has 0 aromatic rings. The maximum atomic E-state index is 12.4. The second-order valence-corrected chi connectivity index (χ2v) is 6.17. The van der Waals surface area contributed by atoms with Crippen molar-refractivity contribution in [2.45, 2.75) is 39.2 Å². The fourth-order valence-corrected chi connectivity index (χ4v) is 3.24. The number of aliphatic carboxylic acids is 1. The Labute approximate surface area is 114 Å². The summed E-state index contributed by atoms with van der Waals surface area (Å²) in [6.45, 7) is 7.73. The molecule has 0 unspecified atom stereocenters. The van der Waals surface area contributed by atoms with Gasteiger partial charge in [-0.15, -0.1) is 0 Å². The molecule has 5 nitrogen and oxygen atoms in total. The maximum absolute atomic E-state index is 12.4. The second-order valence-electron chi connectivity index (χ2n) is 6.17. The van der Waals surface area contributed by atoms with Crippen molar-refractivity contribution in [2.75, 3.05) is 26.2 Å². The first-order valence-corrected chi connectivity index (χ1v) is 7.24. The highest BCUT2D eigenvalue weighted by molar-refractivity contribution is 5.86. The Bertz CT molecular complexity index is 357. The third-order valence-corrected chi connectivity index (χ3v) is 4.07. The summed E-state index contributed by atoms with van der Waals surface area (Å²) in [4.78, 5) is 27.5. The van der Waals surface area contributed by atoms with Gasteiger partial charge < -0.3 is 14.9 Å². The van der Waals surface area contributed by atoms with Gasteiger partial charge in [-0.1, -0.05) is 13.8 Å². The molecule has 108 valence electrons. The van der Waals surface area contributed by atoms with E-state index in [1.165, 1.54) is 0 Å². The van der Waals surface area contributed by atoms with Crippen molar-refractivity contribution in [1.29, 1.82) is 0 Å². The SMILES string of the molecule is CC(C)CN1CC[C@H](C(=O)N2CCC[C@H]2C(=O)O)C1. The van der Waals surface area contributed by atoms with E-state index in [1.807, 2.05) is 0 Å². The van der Waals surface area contributed by atoms with Crippen LogP contribution in [0.2, 0.25) is 0 Å². The minimum Gasteiger partial charge on any atom is -0.480 e. The van der Waals surface area contributed by atoms with Crippen molar-refractivity contribution in [3.05, 3.63) is 0 Å². The van der Waals surface area contributed by atoms with Crippen LogP contribution in [0.5, 0.6) is 0 Å². The van der Waals surface area contributed by atoms with Gasteiger partial charge in [0.05, 0.1) is 5.92 Å². The molecule has 2 aliphatic rings. The van der Waals surface area contributed by atoms with Gasteiger partial charge in [-0.05, 0) is 31.7 Å². The lowest BCUT2D eigenvalue weighted by molar-refractivity contribution is -0.149. The highest BCUT2D eigenvalue weighted by Gasteiger charge is 2.39. The molecule has 5 heteroatoms. The predicted molar refractivity (Wildman–Crippen MR) is 71.8 cm³/mol. The number of carboxylic acid groups (broad SMARTS) is 1. The summed E-state index contributed by atoms with van der Waals surface area (Å²) in [5, 5.41) is 9.14. The molecule has 0 aromatic heterocycles. The van der Waals surface area contributed by atoms with Gasteiger partial charge >= 0.3 is 5.97 Å². The molecular weight excluding hydrogens is 244 g/mol. The molecule has 2 heterocycles. The zero-order valence-electron chi connectivity index (χ0n) is 11.8. The van der Waals surface area contributed by atoms with E-state index in [1.54, 1.807) is 4.90 Å². The van der Waals surface area contributed by atoms with Gasteiger partial charge in [0.25, 0.3) is 0 Å². The third kappa shape index (κ3) is 3.26. The van der Waals surface area contributed by atoms with Gasteiger partial charge in [-0.2, -0.15) is 0 Å². The molecule has 19 heavy (non-hydrogen) atoms. The highest BCUT2D eigenvalue weighted by Crippen LogP contribution is 2.25. The van der Waals surface area contributed by atoms with E-state index in [0.29, 0.717) is 18.9 Å². The number of amides is 1. The van der Waals surface area contributed by atoms with Crippen molar-refractivity contribution in [3.8, 4) is 0 Å². The molecule has 2 aliphatic heterocycles. The number of hydrogen-bond acceptors (Lipinski definition) is 3. The molecule has 0 saturated carbocycles. The minimum atomic E-state index is -0.858. The summed E-state index contributed by atoms with van der Waals surface area (Å²) >= 11 is 0. The predicted octanol–water partition coefficient (Wildman–Crippen LogP) is 1.04. The summed E-state index contributed by atoms with van der Waals surface area (Å²) in [5.74, 6) is -0.204. The van der Waals surface area contributed by atoms with Crippen LogP contribution in [-0.2, 0) is 9.59 Å². The zero-order chi connectivity index (χ0) is 14.0. The Morgan fingerprint density at radius 1 is 1.26 bits per heavy atom. The quantitative estimate of drug-likeness (QED) is 0.827. The topological polar surface area (TPSA) is 60.9 Å². The van der Waals surface area contributed by atoms with Gasteiger partial charge in [0.2, 0.25) is 5.91 Å². The lowest BCUT2D eigenvalue weighted by Crippen LogP contribution is -2.44.